The van der Waals surface area contributed by atoms with Gasteiger partial charge in [0.1, 0.15) is 0 Å². The molecule has 2 rings (SSSR count). The van der Waals surface area contributed by atoms with E-state index in [1.165, 1.54) is 12.8 Å². The normalized spacial score (nSPS) is 26.3. The van der Waals surface area contributed by atoms with E-state index in [-0.39, 0.29) is 12.0 Å². The van der Waals surface area contributed by atoms with Gasteiger partial charge in [0.2, 0.25) is 5.91 Å². The molecule has 0 aromatic rings. The number of amides is 1. The van der Waals surface area contributed by atoms with Gasteiger partial charge < -0.3 is 20.1 Å². The van der Waals surface area contributed by atoms with Crippen molar-refractivity contribution >= 4 is 5.91 Å². The number of carbonyl (C=O) groups is 1. The minimum atomic E-state index is 0.0172. The first-order valence-electron chi connectivity index (χ1n) is 5.54. The van der Waals surface area contributed by atoms with Crippen LogP contribution in [0.25, 0.3) is 0 Å². The molecule has 5 heteroatoms. The summed E-state index contributed by atoms with van der Waals surface area (Å²) >= 11 is 0. The van der Waals surface area contributed by atoms with Crippen LogP contribution in [0, 0.1) is 0 Å². The Kier molecular flexibility index (Phi) is 3.94. The molecule has 5 nitrogen and oxygen atoms in total. The van der Waals surface area contributed by atoms with Crippen molar-refractivity contribution in [2.24, 2.45) is 0 Å². The summed E-state index contributed by atoms with van der Waals surface area (Å²) < 4.78 is 10.6. The maximum atomic E-state index is 11.3. The van der Waals surface area contributed by atoms with Crippen molar-refractivity contribution in [3.63, 3.8) is 0 Å². The first-order valence-corrected chi connectivity index (χ1v) is 5.54. The third kappa shape index (κ3) is 4.15. The second kappa shape index (κ2) is 5.44. The van der Waals surface area contributed by atoms with Crippen molar-refractivity contribution in [2.45, 2.75) is 25.0 Å². The van der Waals surface area contributed by atoms with E-state index < -0.39 is 0 Å². The Balaban J connectivity index is 1.53. The van der Waals surface area contributed by atoms with Gasteiger partial charge in [0.25, 0.3) is 0 Å². The topological polar surface area (TPSA) is 59.6 Å². The Hall–Kier alpha value is -0.650. The Morgan fingerprint density at radius 2 is 2.20 bits per heavy atom. The van der Waals surface area contributed by atoms with Gasteiger partial charge in [-0.05, 0) is 12.8 Å². The van der Waals surface area contributed by atoms with Crippen LogP contribution in [-0.4, -0.2) is 51.0 Å². The van der Waals surface area contributed by atoms with Gasteiger partial charge in [0.05, 0.1) is 32.5 Å². The fourth-order valence-corrected chi connectivity index (χ4v) is 1.47. The second-order valence-electron chi connectivity index (χ2n) is 4.03. The van der Waals surface area contributed by atoms with E-state index in [9.17, 15) is 4.79 Å². The van der Waals surface area contributed by atoms with Crippen molar-refractivity contribution in [3.8, 4) is 0 Å². The van der Waals surface area contributed by atoms with Crippen LogP contribution in [0.2, 0.25) is 0 Å². The smallest absolute Gasteiger partial charge is 0.234 e. The molecule has 1 saturated heterocycles. The molecule has 2 aliphatic rings. The highest BCUT2D eigenvalue weighted by atomic mass is 16.6. The summed E-state index contributed by atoms with van der Waals surface area (Å²) in [7, 11) is 0. The van der Waals surface area contributed by atoms with Crippen LogP contribution in [-0.2, 0) is 14.3 Å². The van der Waals surface area contributed by atoms with Crippen LogP contribution >= 0.6 is 0 Å². The molecule has 1 atom stereocenters. The van der Waals surface area contributed by atoms with E-state index in [0.29, 0.717) is 39.0 Å². The third-order valence-corrected chi connectivity index (χ3v) is 2.54. The molecule has 1 aliphatic heterocycles. The van der Waals surface area contributed by atoms with Gasteiger partial charge in [0, 0.05) is 12.6 Å². The van der Waals surface area contributed by atoms with Gasteiger partial charge in [-0.2, -0.15) is 0 Å². The van der Waals surface area contributed by atoms with Crippen LogP contribution < -0.4 is 10.6 Å². The minimum absolute atomic E-state index is 0.0172. The molecule has 1 amide bonds. The standard InChI is InChI=1S/C10H18N2O3/c13-10(6-11-8-1-2-8)12-5-9-7-14-3-4-15-9/h8-9,11H,1-7H2,(H,12,13). The maximum Gasteiger partial charge on any atom is 0.234 e. The first kappa shape index (κ1) is 10.9. The summed E-state index contributed by atoms with van der Waals surface area (Å²) in [6.07, 6.45) is 2.42. The highest BCUT2D eigenvalue weighted by molar-refractivity contribution is 5.78. The predicted molar refractivity (Wildman–Crippen MR) is 54.6 cm³/mol. The largest absolute Gasteiger partial charge is 0.376 e. The van der Waals surface area contributed by atoms with Gasteiger partial charge in [0.15, 0.2) is 0 Å². The molecular formula is C10H18N2O3. The molecule has 0 aromatic carbocycles. The predicted octanol–water partition coefficient (Wildman–Crippen LogP) is -0.730. The van der Waals surface area contributed by atoms with Gasteiger partial charge in [-0.25, -0.2) is 0 Å². The van der Waals surface area contributed by atoms with Gasteiger partial charge in [-0.15, -0.1) is 0 Å². The van der Waals surface area contributed by atoms with Crippen LogP contribution in [0.5, 0.6) is 0 Å². The minimum Gasteiger partial charge on any atom is -0.376 e. The molecule has 2 fully saturated rings. The number of hydrogen-bond donors (Lipinski definition) is 2. The van der Waals surface area contributed by atoms with E-state index in [1.54, 1.807) is 0 Å². The Bertz CT molecular complexity index is 213. The molecule has 1 unspecified atom stereocenters. The lowest BCUT2D eigenvalue weighted by Gasteiger charge is -2.23. The highest BCUT2D eigenvalue weighted by Crippen LogP contribution is 2.17. The average molecular weight is 214 g/mol. The third-order valence-electron chi connectivity index (χ3n) is 2.54. The number of hydrogen-bond acceptors (Lipinski definition) is 4. The van der Waals surface area contributed by atoms with Gasteiger partial charge in [-0.1, -0.05) is 0 Å². The van der Waals surface area contributed by atoms with E-state index >= 15 is 0 Å². The number of ether oxygens (including phenoxy) is 2. The summed E-state index contributed by atoms with van der Waals surface area (Å²) in [5.41, 5.74) is 0. The molecule has 1 aliphatic carbocycles. The van der Waals surface area contributed by atoms with E-state index in [4.69, 9.17) is 9.47 Å². The quantitative estimate of drug-likeness (QED) is 0.633. The van der Waals surface area contributed by atoms with Crippen molar-refractivity contribution in [2.75, 3.05) is 32.9 Å². The number of carbonyl (C=O) groups excluding carboxylic acids is 1. The summed E-state index contributed by atoms with van der Waals surface area (Å²) in [4.78, 5) is 11.3. The van der Waals surface area contributed by atoms with Crippen molar-refractivity contribution in [1.29, 1.82) is 0 Å². The molecule has 0 aromatic heterocycles. The number of nitrogens with one attached hydrogen (secondary N) is 2. The zero-order valence-corrected chi connectivity index (χ0v) is 8.83. The lowest BCUT2D eigenvalue weighted by molar-refractivity contribution is -0.123. The number of rotatable bonds is 5. The maximum absolute atomic E-state index is 11.3. The Morgan fingerprint density at radius 1 is 1.33 bits per heavy atom. The van der Waals surface area contributed by atoms with Crippen LogP contribution in [0.4, 0.5) is 0 Å². The van der Waals surface area contributed by atoms with E-state index in [0.717, 1.165) is 0 Å². The molecule has 2 N–H and O–H groups in total. The Labute approximate surface area is 89.5 Å². The first-order chi connectivity index (χ1) is 7.34. The molecule has 1 heterocycles. The van der Waals surface area contributed by atoms with Crippen molar-refractivity contribution in [1.82, 2.24) is 10.6 Å². The van der Waals surface area contributed by atoms with Crippen LogP contribution in [0.3, 0.4) is 0 Å². The molecule has 86 valence electrons. The molecule has 1 saturated carbocycles. The molecular weight excluding hydrogens is 196 g/mol. The second-order valence-corrected chi connectivity index (χ2v) is 4.03. The summed E-state index contributed by atoms with van der Waals surface area (Å²) in [6.45, 7) is 2.83. The molecule has 0 bridgehead atoms. The van der Waals surface area contributed by atoms with Crippen LogP contribution in [0.1, 0.15) is 12.8 Å². The Morgan fingerprint density at radius 3 is 2.87 bits per heavy atom. The fourth-order valence-electron chi connectivity index (χ4n) is 1.47. The van der Waals surface area contributed by atoms with Gasteiger partial charge in [-0.3, -0.25) is 4.79 Å². The molecule has 0 spiro atoms. The zero-order chi connectivity index (χ0) is 10.5. The van der Waals surface area contributed by atoms with Crippen molar-refractivity contribution < 1.29 is 14.3 Å². The summed E-state index contributed by atoms with van der Waals surface area (Å²) in [5, 5.41) is 5.99. The zero-order valence-electron chi connectivity index (χ0n) is 8.83. The summed E-state index contributed by atoms with van der Waals surface area (Å²) in [5.74, 6) is 0.0380. The highest BCUT2D eigenvalue weighted by Gasteiger charge is 2.21. The van der Waals surface area contributed by atoms with Crippen LogP contribution in [0.15, 0.2) is 0 Å². The lowest BCUT2D eigenvalue weighted by Crippen LogP contribution is -2.42. The van der Waals surface area contributed by atoms with E-state index in [2.05, 4.69) is 10.6 Å². The van der Waals surface area contributed by atoms with Gasteiger partial charge >= 0.3 is 0 Å². The summed E-state index contributed by atoms with van der Waals surface area (Å²) in [6, 6.07) is 0.574. The molecule has 15 heavy (non-hydrogen) atoms. The lowest BCUT2D eigenvalue weighted by atomic mass is 10.3. The average Bonchev–Trinajstić information content (AvgIpc) is 3.09. The molecule has 0 radical (unpaired) electrons. The monoisotopic (exact) mass is 214 g/mol. The van der Waals surface area contributed by atoms with E-state index in [1.807, 2.05) is 0 Å². The SMILES string of the molecule is O=C(CNC1CC1)NCC1COCCO1. The van der Waals surface area contributed by atoms with Crippen molar-refractivity contribution in [3.05, 3.63) is 0 Å². The fraction of sp³-hybridized carbons (Fsp3) is 0.900.